The molecule has 0 heterocycles. The van der Waals surface area contributed by atoms with Crippen molar-refractivity contribution in [2.75, 3.05) is 7.11 Å². The van der Waals surface area contributed by atoms with Gasteiger partial charge in [-0.1, -0.05) is 24.3 Å². The van der Waals surface area contributed by atoms with E-state index in [-0.39, 0.29) is 5.91 Å². The Hall–Kier alpha value is -2.54. The van der Waals surface area contributed by atoms with Crippen LogP contribution in [0.3, 0.4) is 0 Å². The molecule has 0 aromatic heterocycles. The minimum absolute atomic E-state index is 0.173. The van der Waals surface area contributed by atoms with Gasteiger partial charge >= 0.3 is 6.18 Å². The number of benzene rings is 2. The second-order valence-corrected chi connectivity index (χ2v) is 5.99. The molecule has 0 aliphatic rings. The van der Waals surface area contributed by atoms with Gasteiger partial charge in [-0.2, -0.15) is 13.2 Å². The fraction of sp³-hybridized carbons (Fsp3) is 0.316. The lowest BCUT2D eigenvalue weighted by atomic mass is 10.1. The van der Waals surface area contributed by atoms with E-state index in [0.717, 1.165) is 23.4 Å². The van der Waals surface area contributed by atoms with Crippen molar-refractivity contribution in [1.82, 2.24) is 5.32 Å². The summed E-state index contributed by atoms with van der Waals surface area (Å²) in [6, 6.07) is 12.1. The van der Waals surface area contributed by atoms with E-state index < -0.39 is 17.8 Å². The number of amides is 1. The fourth-order valence-corrected chi connectivity index (χ4v) is 2.39. The second kappa shape index (κ2) is 8.71. The third kappa shape index (κ3) is 5.77. The molecule has 0 aliphatic carbocycles. The minimum atomic E-state index is -4.36. The largest absolute Gasteiger partial charge is 0.497 e. The molecular formula is C19H22F3N2O2+. The number of hydrogen-bond acceptors (Lipinski definition) is 2. The zero-order valence-corrected chi connectivity index (χ0v) is 14.6. The first-order chi connectivity index (χ1) is 12.3. The van der Waals surface area contributed by atoms with E-state index in [1.807, 2.05) is 24.3 Å². The molecule has 4 nitrogen and oxygen atoms in total. The number of rotatable bonds is 7. The van der Waals surface area contributed by atoms with E-state index in [9.17, 15) is 18.0 Å². The Labute approximate surface area is 150 Å². The molecule has 140 valence electrons. The van der Waals surface area contributed by atoms with Crippen LogP contribution in [0.15, 0.2) is 48.5 Å². The van der Waals surface area contributed by atoms with Crippen LogP contribution in [0.4, 0.5) is 13.2 Å². The summed E-state index contributed by atoms with van der Waals surface area (Å²) >= 11 is 0. The van der Waals surface area contributed by atoms with Crippen molar-refractivity contribution < 1.29 is 28.0 Å². The topological polar surface area (TPSA) is 54.9 Å². The molecule has 0 bridgehead atoms. The molecule has 2 rings (SSSR count). The van der Waals surface area contributed by atoms with E-state index in [1.165, 1.54) is 6.07 Å². The molecule has 0 unspecified atom stereocenters. The SMILES string of the molecule is COc1ccc(CNC(=O)[C@H](C)[NH2+]Cc2cccc(C(F)(F)F)c2)cc1. The van der Waals surface area contributed by atoms with Crippen molar-refractivity contribution in [3.63, 3.8) is 0 Å². The number of ether oxygens (including phenoxy) is 1. The number of alkyl halides is 3. The predicted octanol–water partition coefficient (Wildman–Crippen LogP) is 2.48. The van der Waals surface area contributed by atoms with E-state index in [2.05, 4.69) is 5.32 Å². The third-order valence-corrected chi connectivity index (χ3v) is 4.00. The molecule has 2 aromatic carbocycles. The van der Waals surface area contributed by atoms with Gasteiger partial charge in [-0.05, 0) is 36.8 Å². The molecule has 26 heavy (non-hydrogen) atoms. The van der Waals surface area contributed by atoms with Crippen LogP contribution in [0.5, 0.6) is 5.75 Å². The Morgan fingerprint density at radius 1 is 1.15 bits per heavy atom. The van der Waals surface area contributed by atoms with Crippen LogP contribution in [-0.4, -0.2) is 19.1 Å². The molecule has 7 heteroatoms. The smallest absolute Gasteiger partial charge is 0.416 e. The van der Waals surface area contributed by atoms with Crippen molar-refractivity contribution in [3.05, 3.63) is 65.2 Å². The zero-order valence-electron chi connectivity index (χ0n) is 14.6. The van der Waals surface area contributed by atoms with Crippen molar-refractivity contribution >= 4 is 5.91 Å². The van der Waals surface area contributed by atoms with Gasteiger partial charge in [0.15, 0.2) is 6.04 Å². The highest BCUT2D eigenvalue weighted by Gasteiger charge is 2.30. The quantitative estimate of drug-likeness (QED) is 0.790. The van der Waals surface area contributed by atoms with Crippen LogP contribution < -0.4 is 15.4 Å². The van der Waals surface area contributed by atoms with Crippen molar-refractivity contribution in [2.45, 2.75) is 32.2 Å². The average Bonchev–Trinajstić information content (AvgIpc) is 2.64. The van der Waals surface area contributed by atoms with Gasteiger partial charge < -0.3 is 15.4 Å². The number of nitrogens with one attached hydrogen (secondary N) is 1. The Bertz CT molecular complexity index is 730. The number of methoxy groups -OCH3 is 1. The van der Waals surface area contributed by atoms with Gasteiger partial charge in [-0.3, -0.25) is 4.79 Å². The molecule has 0 spiro atoms. The van der Waals surface area contributed by atoms with Crippen LogP contribution in [-0.2, 0) is 24.1 Å². The summed E-state index contributed by atoms with van der Waals surface area (Å²) in [6.45, 7) is 2.39. The lowest BCUT2D eigenvalue weighted by Crippen LogP contribution is -2.90. The minimum Gasteiger partial charge on any atom is -0.497 e. The average molecular weight is 367 g/mol. The van der Waals surface area contributed by atoms with Crippen LogP contribution >= 0.6 is 0 Å². The lowest BCUT2D eigenvalue weighted by molar-refractivity contribution is -0.689. The van der Waals surface area contributed by atoms with Crippen molar-refractivity contribution in [1.29, 1.82) is 0 Å². The van der Waals surface area contributed by atoms with Crippen molar-refractivity contribution in [3.8, 4) is 5.75 Å². The number of nitrogens with two attached hydrogens (primary N) is 1. The first kappa shape index (κ1) is 19.8. The third-order valence-electron chi connectivity index (χ3n) is 4.00. The maximum Gasteiger partial charge on any atom is 0.416 e. The number of hydrogen-bond donors (Lipinski definition) is 2. The van der Waals surface area contributed by atoms with Crippen LogP contribution in [0.1, 0.15) is 23.6 Å². The van der Waals surface area contributed by atoms with Crippen molar-refractivity contribution in [2.24, 2.45) is 0 Å². The molecule has 1 amide bonds. The maximum absolute atomic E-state index is 12.7. The molecule has 0 radical (unpaired) electrons. The summed E-state index contributed by atoms with van der Waals surface area (Å²) in [7, 11) is 1.58. The van der Waals surface area contributed by atoms with Gasteiger partial charge in [-0.15, -0.1) is 0 Å². The highest BCUT2D eigenvalue weighted by atomic mass is 19.4. The van der Waals surface area contributed by atoms with Crippen LogP contribution in [0.25, 0.3) is 0 Å². The van der Waals surface area contributed by atoms with Crippen LogP contribution in [0.2, 0.25) is 0 Å². The highest BCUT2D eigenvalue weighted by molar-refractivity contribution is 5.79. The summed E-state index contributed by atoms with van der Waals surface area (Å²) in [6.07, 6.45) is -4.36. The summed E-state index contributed by atoms with van der Waals surface area (Å²) in [5.74, 6) is 0.565. The van der Waals surface area contributed by atoms with E-state index in [1.54, 1.807) is 25.4 Å². The molecule has 1 atom stereocenters. The van der Waals surface area contributed by atoms with Gasteiger partial charge in [0.2, 0.25) is 0 Å². The second-order valence-electron chi connectivity index (χ2n) is 5.99. The highest BCUT2D eigenvalue weighted by Crippen LogP contribution is 2.29. The standard InChI is InChI=1S/C19H21F3N2O2/c1-13(18(25)24-11-14-6-8-17(26-2)9-7-14)23-12-15-4-3-5-16(10-15)19(20,21)22/h3-10,13,23H,11-12H2,1-2H3,(H,24,25)/p+1/t13-/m0/s1. The molecule has 0 saturated carbocycles. The maximum atomic E-state index is 12.7. The monoisotopic (exact) mass is 367 g/mol. The normalized spacial score (nSPS) is 12.5. The summed E-state index contributed by atoms with van der Waals surface area (Å²) in [4.78, 5) is 12.1. The Morgan fingerprint density at radius 3 is 2.46 bits per heavy atom. The van der Waals surface area contributed by atoms with E-state index in [0.29, 0.717) is 18.7 Å². The van der Waals surface area contributed by atoms with Gasteiger partial charge in [0.1, 0.15) is 12.3 Å². The number of halogens is 3. The van der Waals surface area contributed by atoms with Gasteiger partial charge in [0.05, 0.1) is 12.7 Å². The molecule has 0 aliphatic heterocycles. The number of carbonyl (C=O) groups is 1. The van der Waals surface area contributed by atoms with Gasteiger partial charge in [0, 0.05) is 12.1 Å². The zero-order chi connectivity index (χ0) is 19.2. The number of quaternary nitrogens is 1. The summed E-state index contributed by atoms with van der Waals surface area (Å²) in [5, 5.41) is 4.52. The van der Waals surface area contributed by atoms with Gasteiger partial charge in [-0.25, -0.2) is 0 Å². The predicted molar refractivity (Wildman–Crippen MR) is 91.4 cm³/mol. The van der Waals surface area contributed by atoms with Gasteiger partial charge in [0.25, 0.3) is 5.91 Å². The molecular weight excluding hydrogens is 345 g/mol. The lowest BCUT2D eigenvalue weighted by Gasteiger charge is -2.13. The number of carbonyl (C=O) groups excluding carboxylic acids is 1. The molecule has 2 aromatic rings. The summed E-state index contributed by atoms with van der Waals surface area (Å²) < 4.78 is 43.2. The first-order valence-corrected chi connectivity index (χ1v) is 8.19. The summed E-state index contributed by atoms with van der Waals surface area (Å²) in [5.41, 5.74) is 0.777. The fourth-order valence-electron chi connectivity index (χ4n) is 2.39. The molecule has 0 fully saturated rings. The molecule has 3 N–H and O–H groups in total. The van der Waals surface area contributed by atoms with E-state index >= 15 is 0 Å². The van der Waals surface area contributed by atoms with E-state index in [4.69, 9.17) is 4.74 Å². The Morgan fingerprint density at radius 2 is 1.85 bits per heavy atom. The first-order valence-electron chi connectivity index (χ1n) is 8.19. The Balaban J connectivity index is 1.83. The Kier molecular flexibility index (Phi) is 6.63. The molecule has 0 saturated heterocycles. The van der Waals surface area contributed by atoms with Crippen LogP contribution in [0, 0.1) is 0 Å².